The van der Waals surface area contributed by atoms with E-state index < -0.39 is 32.0 Å². The van der Waals surface area contributed by atoms with E-state index in [9.17, 15) is 22.7 Å². The Morgan fingerprint density at radius 2 is 1.30 bits per heavy atom. The van der Waals surface area contributed by atoms with Crippen LogP contribution in [0.15, 0.2) is 12.2 Å². The van der Waals surface area contributed by atoms with Crippen LogP contribution in [0.2, 0.25) is 0 Å². The van der Waals surface area contributed by atoms with Crippen LogP contribution in [0.25, 0.3) is 0 Å². The topological polar surface area (TPSA) is 51.2 Å². The van der Waals surface area contributed by atoms with Crippen molar-refractivity contribution in [3.05, 3.63) is 12.2 Å². The summed E-state index contributed by atoms with van der Waals surface area (Å²) in [5, 5.41) is 0. The van der Waals surface area contributed by atoms with E-state index in [1.807, 2.05) is 0 Å². The number of rotatable bonds is 19. The number of hydrogen-bond donors (Lipinski definition) is 0. The van der Waals surface area contributed by atoms with Crippen molar-refractivity contribution in [2.24, 2.45) is 5.92 Å². The lowest BCUT2D eigenvalue weighted by Crippen LogP contribution is -2.24. The third-order valence-electron chi connectivity index (χ3n) is 4.75. The summed E-state index contributed by atoms with van der Waals surface area (Å²) in [4.78, 5) is 11.7. The first-order chi connectivity index (χ1) is 13.0. The molecular formula is C21H37F2O3P. The van der Waals surface area contributed by atoms with E-state index in [4.69, 9.17) is 0 Å². The summed E-state index contributed by atoms with van der Waals surface area (Å²) in [6, 6.07) is 0. The van der Waals surface area contributed by atoms with Crippen LogP contribution < -0.4 is 0 Å². The van der Waals surface area contributed by atoms with Crippen molar-refractivity contribution in [2.75, 3.05) is 6.16 Å². The Balaban J connectivity index is 3.53. The molecule has 0 aromatic heterocycles. The molecule has 0 amide bonds. The fourth-order valence-electron chi connectivity index (χ4n) is 3.04. The van der Waals surface area contributed by atoms with Crippen molar-refractivity contribution in [3.63, 3.8) is 0 Å². The van der Waals surface area contributed by atoms with Gasteiger partial charge in [-0.1, -0.05) is 70.4 Å². The van der Waals surface area contributed by atoms with Crippen molar-refractivity contribution in [3.8, 4) is 0 Å². The Kier molecular flexibility index (Phi) is 18.0. The first-order valence-electron chi connectivity index (χ1n) is 10.6. The minimum Gasteiger partial charge on any atom is -0.299 e. The third kappa shape index (κ3) is 17.0. The lowest BCUT2D eigenvalue weighted by Gasteiger charge is -2.10. The van der Waals surface area contributed by atoms with Gasteiger partial charge in [0.05, 0.1) is 12.1 Å². The highest BCUT2D eigenvalue weighted by molar-refractivity contribution is 7.30. The van der Waals surface area contributed by atoms with Gasteiger partial charge in [0, 0.05) is 6.42 Å². The van der Waals surface area contributed by atoms with Crippen molar-refractivity contribution < 1.29 is 22.7 Å². The first kappa shape index (κ1) is 26.2. The monoisotopic (exact) mass is 406 g/mol. The molecule has 0 aromatic carbocycles. The Labute approximate surface area is 164 Å². The molecule has 0 aliphatic rings. The van der Waals surface area contributed by atoms with Gasteiger partial charge in [-0.05, 0) is 32.1 Å². The van der Waals surface area contributed by atoms with Crippen molar-refractivity contribution in [1.82, 2.24) is 0 Å². The maximum Gasteiger partial charge on any atom is 0.316 e. The highest BCUT2D eigenvalue weighted by Crippen LogP contribution is 2.22. The van der Waals surface area contributed by atoms with Crippen LogP contribution in [-0.4, -0.2) is 18.4 Å². The smallest absolute Gasteiger partial charge is 0.299 e. The van der Waals surface area contributed by atoms with E-state index in [1.165, 1.54) is 38.5 Å². The lowest BCUT2D eigenvalue weighted by molar-refractivity contribution is -0.126. The van der Waals surface area contributed by atoms with Gasteiger partial charge < -0.3 is 0 Å². The summed E-state index contributed by atoms with van der Waals surface area (Å²) in [5.41, 5.74) is 0. The second-order valence-electron chi connectivity index (χ2n) is 7.26. The Bertz CT molecular complexity index is 454. The minimum atomic E-state index is -2.95. The molecule has 0 radical (unpaired) electrons. The van der Waals surface area contributed by atoms with E-state index in [0.717, 1.165) is 38.5 Å². The van der Waals surface area contributed by atoms with E-state index in [-0.39, 0.29) is 6.42 Å². The number of hydrogen-bond acceptors (Lipinski definition) is 3. The van der Waals surface area contributed by atoms with Gasteiger partial charge in [-0.2, -0.15) is 0 Å². The summed E-state index contributed by atoms with van der Waals surface area (Å²) in [6.45, 7) is 2.23. The molecule has 27 heavy (non-hydrogen) atoms. The van der Waals surface area contributed by atoms with Crippen LogP contribution in [0.3, 0.4) is 0 Å². The molecule has 0 heterocycles. The SMILES string of the molecule is CCCCCCCC/C=C\CCCCCCCC(=O)[C@@H](CP(=O)=O)C(F)F. The van der Waals surface area contributed by atoms with E-state index >= 15 is 0 Å². The summed E-state index contributed by atoms with van der Waals surface area (Å²) in [5.74, 6) is -2.27. The fraction of sp³-hybridized carbons (Fsp3) is 0.857. The summed E-state index contributed by atoms with van der Waals surface area (Å²) < 4.78 is 46.6. The molecule has 3 nitrogen and oxygen atoms in total. The van der Waals surface area contributed by atoms with Gasteiger partial charge in [-0.3, -0.25) is 4.79 Å². The number of carbonyl (C=O) groups excluding carboxylic acids is 1. The van der Waals surface area contributed by atoms with Crippen molar-refractivity contribution >= 4 is 13.5 Å². The summed E-state index contributed by atoms with van der Waals surface area (Å²) in [7, 11) is -2.95. The number of unbranched alkanes of at least 4 members (excludes halogenated alkanes) is 11. The van der Waals surface area contributed by atoms with Gasteiger partial charge in [-0.25, -0.2) is 17.9 Å². The standard InChI is InChI=1S/C21H37F2O3P/c1-2-3-4-5-6-7-8-9-10-11-12-13-14-15-16-17-20(24)19(21(22)23)18-27(25)26/h9-10,19,21H,2-8,11-18H2,1H3/b10-9-/t19-/m1/s1. The second kappa shape index (κ2) is 18.5. The Morgan fingerprint density at radius 3 is 1.78 bits per heavy atom. The van der Waals surface area contributed by atoms with Gasteiger partial charge in [0.2, 0.25) is 6.43 Å². The molecule has 0 spiro atoms. The average molecular weight is 406 g/mol. The molecule has 0 saturated heterocycles. The Morgan fingerprint density at radius 1 is 0.815 bits per heavy atom. The maximum absolute atomic E-state index is 12.7. The predicted octanol–water partition coefficient (Wildman–Crippen LogP) is 7.65. The molecule has 0 bridgehead atoms. The largest absolute Gasteiger partial charge is 0.316 e. The molecule has 0 aliphatic heterocycles. The lowest BCUT2D eigenvalue weighted by atomic mass is 10.0. The van der Waals surface area contributed by atoms with Crippen LogP contribution in [0.4, 0.5) is 8.78 Å². The molecule has 0 unspecified atom stereocenters. The maximum atomic E-state index is 12.7. The number of ketones is 1. The molecule has 0 aliphatic carbocycles. The van der Waals surface area contributed by atoms with E-state index in [1.54, 1.807) is 0 Å². The highest BCUT2D eigenvalue weighted by atomic mass is 31.1. The van der Waals surface area contributed by atoms with Crippen LogP contribution in [-0.2, 0) is 13.9 Å². The molecule has 1 atom stereocenters. The summed E-state index contributed by atoms with van der Waals surface area (Å²) >= 11 is 0. The van der Waals surface area contributed by atoms with Crippen LogP contribution in [0, 0.1) is 5.92 Å². The molecular weight excluding hydrogens is 369 g/mol. The zero-order valence-corrected chi connectivity index (χ0v) is 17.7. The number of halogens is 2. The zero-order chi connectivity index (χ0) is 20.3. The molecule has 6 heteroatoms. The zero-order valence-electron chi connectivity index (χ0n) is 16.8. The van der Waals surface area contributed by atoms with Crippen LogP contribution >= 0.6 is 7.68 Å². The quantitative estimate of drug-likeness (QED) is 0.126. The Hall–Kier alpha value is -0.830. The average Bonchev–Trinajstić information content (AvgIpc) is 2.62. The second-order valence-corrected chi connectivity index (χ2v) is 8.29. The van der Waals surface area contributed by atoms with Gasteiger partial charge in [0.25, 0.3) is 0 Å². The molecule has 0 rings (SSSR count). The first-order valence-corrected chi connectivity index (χ1v) is 11.9. The molecule has 0 saturated carbocycles. The number of Topliss-reactive ketones (excluding diaryl/α,β-unsaturated/α-hetero) is 1. The summed E-state index contributed by atoms with van der Waals surface area (Å²) in [6.07, 6.45) is 15.6. The fourth-order valence-corrected chi connectivity index (χ4v) is 3.72. The van der Waals surface area contributed by atoms with Gasteiger partial charge in [0.1, 0.15) is 5.78 Å². The van der Waals surface area contributed by atoms with Crippen molar-refractivity contribution in [2.45, 2.75) is 103 Å². The number of allylic oxidation sites excluding steroid dienone is 2. The van der Waals surface area contributed by atoms with Crippen LogP contribution in [0.1, 0.15) is 96.8 Å². The minimum absolute atomic E-state index is 0.0519. The number of alkyl halides is 2. The van der Waals surface area contributed by atoms with E-state index in [2.05, 4.69) is 19.1 Å². The molecule has 0 aromatic rings. The van der Waals surface area contributed by atoms with Gasteiger partial charge in [-0.15, -0.1) is 0 Å². The number of carbonyl (C=O) groups is 1. The van der Waals surface area contributed by atoms with Gasteiger partial charge >= 0.3 is 7.68 Å². The highest BCUT2D eigenvalue weighted by Gasteiger charge is 2.29. The third-order valence-corrected chi connectivity index (χ3v) is 5.44. The molecule has 158 valence electrons. The van der Waals surface area contributed by atoms with Crippen molar-refractivity contribution in [1.29, 1.82) is 0 Å². The van der Waals surface area contributed by atoms with E-state index in [0.29, 0.717) is 6.42 Å². The molecule has 0 fully saturated rings. The molecule has 0 N–H and O–H groups in total. The van der Waals surface area contributed by atoms with Gasteiger partial charge in [0.15, 0.2) is 0 Å². The van der Waals surface area contributed by atoms with Crippen LogP contribution in [0.5, 0.6) is 0 Å². The normalized spacial score (nSPS) is 12.7. The predicted molar refractivity (Wildman–Crippen MR) is 107 cm³/mol.